The number of pyridine rings is 2. The number of methoxy groups -OCH3 is 1. The molecule has 2 aromatic heterocycles. The minimum absolute atomic E-state index is 0.0704. The molecule has 53 heavy (non-hydrogen) atoms. The van der Waals surface area contributed by atoms with Gasteiger partial charge in [0.05, 0.1) is 18.4 Å². The molecule has 3 aliphatic rings. The zero-order valence-electron chi connectivity index (χ0n) is 31.3. The maximum atomic E-state index is 14.3. The van der Waals surface area contributed by atoms with Crippen molar-refractivity contribution in [3.05, 3.63) is 60.8 Å². The second-order valence-corrected chi connectivity index (χ2v) is 17.4. The maximum Gasteiger partial charge on any atom is 0.254 e. The van der Waals surface area contributed by atoms with Gasteiger partial charge >= 0.3 is 0 Å². The Morgan fingerprint density at radius 3 is 2.42 bits per heavy atom. The first-order valence-electron chi connectivity index (χ1n) is 17.8. The molecule has 284 valence electrons. The van der Waals surface area contributed by atoms with Gasteiger partial charge in [0.1, 0.15) is 35.1 Å². The van der Waals surface area contributed by atoms with Crippen LogP contribution in [0.4, 0.5) is 11.6 Å². The van der Waals surface area contributed by atoms with Crippen LogP contribution in [-0.2, 0) is 24.4 Å². The predicted octanol–water partition coefficient (Wildman–Crippen LogP) is 3.56. The molecule has 3 fully saturated rings. The van der Waals surface area contributed by atoms with E-state index in [4.69, 9.17) is 14.5 Å². The first kappa shape index (κ1) is 38.0. The molecule has 3 N–H and O–H groups in total. The van der Waals surface area contributed by atoms with Crippen molar-refractivity contribution in [1.82, 2.24) is 24.9 Å². The minimum atomic E-state index is -3.90. The highest BCUT2D eigenvalue weighted by molar-refractivity contribution is 7.91. The lowest BCUT2D eigenvalue weighted by Gasteiger charge is -2.33. The van der Waals surface area contributed by atoms with Crippen LogP contribution in [0.3, 0.4) is 0 Å². The van der Waals surface area contributed by atoms with E-state index >= 15 is 0 Å². The van der Waals surface area contributed by atoms with Crippen LogP contribution in [0.5, 0.6) is 11.6 Å². The Morgan fingerprint density at radius 2 is 1.81 bits per heavy atom. The molecule has 5 atom stereocenters. The zero-order valence-corrected chi connectivity index (χ0v) is 32.1. The molecule has 3 amide bonds. The summed E-state index contributed by atoms with van der Waals surface area (Å²) in [4.78, 5) is 55.1. The summed E-state index contributed by atoms with van der Waals surface area (Å²) in [6.45, 7) is 11.5. The molecular formula is C38H49N7O7S. The van der Waals surface area contributed by atoms with E-state index < -0.39 is 68.1 Å². The smallest absolute Gasteiger partial charge is 0.254 e. The van der Waals surface area contributed by atoms with Gasteiger partial charge in [0.2, 0.25) is 27.7 Å². The highest BCUT2D eigenvalue weighted by atomic mass is 32.2. The number of aromatic nitrogens is 2. The van der Waals surface area contributed by atoms with Crippen LogP contribution in [0.25, 0.3) is 10.8 Å². The second kappa shape index (κ2) is 14.2. The number of ether oxygens (including phenoxy) is 2. The van der Waals surface area contributed by atoms with Gasteiger partial charge in [-0.1, -0.05) is 39.0 Å². The van der Waals surface area contributed by atoms with E-state index in [0.717, 1.165) is 11.1 Å². The van der Waals surface area contributed by atoms with Crippen molar-refractivity contribution in [1.29, 1.82) is 0 Å². The van der Waals surface area contributed by atoms with Crippen LogP contribution in [0.1, 0.15) is 52.1 Å². The van der Waals surface area contributed by atoms with E-state index in [1.54, 1.807) is 24.2 Å². The summed E-state index contributed by atoms with van der Waals surface area (Å²) in [5, 5.41) is 6.64. The van der Waals surface area contributed by atoms with Crippen LogP contribution in [0, 0.1) is 18.3 Å². The van der Waals surface area contributed by atoms with Crippen molar-refractivity contribution < 1.29 is 32.3 Å². The first-order chi connectivity index (χ1) is 25.0. The number of benzene rings is 1. The summed E-state index contributed by atoms with van der Waals surface area (Å²) in [5.74, 6) is -0.336. The lowest BCUT2D eigenvalue weighted by Crippen LogP contribution is -2.59. The third-order valence-electron chi connectivity index (χ3n) is 10.2. The maximum absolute atomic E-state index is 14.3. The molecule has 3 heterocycles. The highest BCUT2D eigenvalue weighted by Gasteiger charge is 2.67. The summed E-state index contributed by atoms with van der Waals surface area (Å²) in [6, 6.07) is 11.0. The normalized spacial score (nSPS) is 23.5. The van der Waals surface area contributed by atoms with Crippen LogP contribution < -0.4 is 29.7 Å². The van der Waals surface area contributed by atoms with E-state index in [1.807, 2.05) is 83.1 Å². The van der Waals surface area contributed by atoms with Gasteiger partial charge in [-0.05, 0) is 61.9 Å². The quantitative estimate of drug-likeness (QED) is 0.218. The fraction of sp³-hybridized carbons (Fsp3) is 0.500. The molecule has 2 saturated carbocycles. The van der Waals surface area contributed by atoms with Crippen LogP contribution in [-0.4, -0.2) is 97.7 Å². The Morgan fingerprint density at radius 1 is 1.09 bits per heavy atom. The number of hydrogen-bond acceptors (Lipinski definition) is 12. The number of nitrogens with zero attached hydrogens (tertiary/aromatic N) is 4. The van der Waals surface area contributed by atoms with Crippen molar-refractivity contribution in [2.24, 2.45) is 11.3 Å². The molecule has 0 spiro atoms. The van der Waals surface area contributed by atoms with E-state index in [2.05, 4.69) is 26.9 Å². The number of carbonyl (C=O) groups is 3. The standard InChI is InChI=1S/C38H49N7O7S/c1-9-23-20-38(23,36(48)43-53(49,50)25-16-17-25)45-21-24(52-35-26-13-11-14-29(51-8)27(26)19-31(41-35)44(6)7)18-28(45)33(46)42-34(47)32(37(3,4)5)40-30-15-10-12-22(2)39-30/h9-15,19,23-25,28,32H,1,16-18,20-21H2,2-8H3,(H,39,40)(H,43,48)(H,42,46,47)/t23-,24-,28+,32+,38-/m1/s1. The third-order valence-corrected chi connectivity index (χ3v) is 12.1. The molecule has 2 aliphatic carbocycles. The number of aryl methyl sites for hydroxylation is 1. The Labute approximate surface area is 310 Å². The Balaban J connectivity index is 1.34. The van der Waals surface area contributed by atoms with Gasteiger partial charge in [-0.15, -0.1) is 6.58 Å². The molecule has 1 aliphatic heterocycles. The molecule has 0 unspecified atom stereocenters. The lowest BCUT2D eigenvalue weighted by atomic mass is 9.86. The van der Waals surface area contributed by atoms with Crippen molar-refractivity contribution in [3.63, 3.8) is 0 Å². The number of sulfonamides is 1. The number of imide groups is 1. The molecule has 6 rings (SSSR count). The van der Waals surface area contributed by atoms with E-state index in [9.17, 15) is 22.8 Å². The number of likely N-dealkylation sites (tertiary alicyclic amines) is 1. The van der Waals surface area contributed by atoms with Crippen molar-refractivity contribution in [3.8, 4) is 11.6 Å². The summed E-state index contributed by atoms with van der Waals surface area (Å²) in [7, 11) is 1.40. The van der Waals surface area contributed by atoms with Crippen LogP contribution in [0.15, 0.2) is 55.1 Å². The van der Waals surface area contributed by atoms with Crippen molar-refractivity contribution in [2.45, 2.75) is 82.4 Å². The molecule has 3 aromatic rings. The third kappa shape index (κ3) is 7.67. The molecule has 0 radical (unpaired) electrons. The minimum Gasteiger partial charge on any atom is -0.496 e. The topological polar surface area (TPSA) is 172 Å². The fourth-order valence-electron chi connectivity index (χ4n) is 7.11. The summed E-state index contributed by atoms with van der Waals surface area (Å²) in [6.07, 6.45) is 2.21. The largest absolute Gasteiger partial charge is 0.496 e. The number of fused-ring (bicyclic) bond motifs is 1. The zero-order chi connectivity index (χ0) is 38.5. The van der Waals surface area contributed by atoms with E-state index in [1.165, 1.54) is 0 Å². The molecular weight excluding hydrogens is 699 g/mol. The number of nitrogens with one attached hydrogen (secondary N) is 3. The predicted molar refractivity (Wildman–Crippen MR) is 202 cm³/mol. The molecule has 14 nitrogen and oxygen atoms in total. The van der Waals surface area contributed by atoms with Gasteiger partial charge in [0.15, 0.2) is 0 Å². The van der Waals surface area contributed by atoms with E-state index in [0.29, 0.717) is 41.5 Å². The average molecular weight is 748 g/mol. The van der Waals surface area contributed by atoms with Gasteiger partial charge in [0.25, 0.3) is 5.91 Å². The summed E-state index contributed by atoms with van der Waals surface area (Å²) >= 11 is 0. The Bertz CT molecular complexity index is 2050. The van der Waals surface area contributed by atoms with Crippen molar-refractivity contribution in [2.75, 3.05) is 38.0 Å². The molecule has 15 heteroatoms. The highest BCUT2D eigenvalue weighted by Crippen LogP contribution is 2.53. The van der Waals surface area contributed by atoms with Gasteiger partial charge in [-0.2, -0.15) is 4.98 Å². The van der Waals surface area contributed by atoms with Crippen LogP contribution in [0.2, 0.25) is 0 Å². The average Bonchev–Trinajstić information content (AvgIpc) is 4.02. The number of anilines is 2. The molecule has 0 bridgehead atoms. The molecule has 1 saturated heterocycles. The van der Waals surface area contributed by atoms with Gasteiger partial charge in [-0.3, -0.25) is 29.3 Å². The summed E-state index contributed by atoms with van der Waals surface area (Å²) in [5.41, 5.74) is -1.27. The van der Waals surface area contributed by atoms with Gasteiger partial charge in [-0.25, -0.2) is 13.4 Å². The number of amides is 3. The van der Waals surface area contributed by atoms with Gasteiger partial charge in [0, 0.05) is 49.4 Å². The van der Waals surface area contributed by atoms with Crippen molar-refractivity contribution >= 4 is 50.2 Å². The SMILES string of the molecule is C=C[C@@H]1C[C@@]1(C(=O)NS(=O)(=O)C1CC1)N1C[C@H](Oc2nc(N(C)C)cc3c(OC)cccc23)C[C@H]1C(=O)NC(=O)[C@H](Nc1cccc(C)n1)C(C)(C)C. The van der Waals surface area contributed by atoms with E-state index in [-0.39, 0.29) is 19.4 Å². The Hall–Kier alpha value is -4.76. The summed E-state index contributed by atoms with van der Waals surface area (Å²) < 4.78 is 40.6. The lowest BCUT2D eigenvalue weighted by molar-refractivity contribution is -0.136. The molecule has 1 aromatic carbocycles. The first-order valence-corrected chi connectivity index (χ1v) is 19.3. The number of hydrogen-bond donors (Lipinski definition) is 3. The number of carbonyl (C=O) groups excluding carboxylic acids is 3. The number of rotatable bonds is 13. The fourth-order valence-corrected chi connectivity index (χ4v) is 8.47. The van der Waals surface area contributed by atoms with Crippen LogP contribution >= 0.6 is 0 Å². The second-order valence-electron chi connectivity index (χ2n) is 15.5. The Kier molecular flexibility index (Phi) is 10.2. The van der Waals surface area contributed by atoms with Gasteiger partial charge < -0.3 is 19.7 Å². The monoisotopic (exact) mass is 747 g/mol.